The molecule has 0 saturated heterocycles. The monoisotopic (exact) mass is 410 g/mol. The molecule has 1 heterocycles. The van der Waals surface area contributed by atoms with Gasteiger partial charge in [-0.15, -0.1) is 0 Å². The minimum absolute atomic E-state index is 0.0256. The average molecular weight is 411 g/mol. The molecular weight excluding hydrogens is 396 g/mol. The minimum atomic E-state index is -0.237. The van der Waals surface area contributed by atoms with Gasteiger partial charge in [0.25, 0.3) is 0 Å². The van der Waals surface area contributed by atoms with Crippen molar-refractivity contribution >= 4 is 38.2 Å². The van der Waals surface area contributed by atoms with Gasteiger partial charge in [-0.2, -0.15) is 5.26 Å². The number of aliphatic hydroxyl groups excluding tert-OH is 1. The van der Waals surface area contributed by atoms with Crippen molar-refractivity contribution in [2.45, 2.75) is 6.92 Å². The Kier molecular flexibility index (Phi) is 5.34. The number of halogens is 1. The van der Waals surface area contributed by atoms with Gasteiger partial charge in [-0.05, 0) is 36.8 Å². The molecule has 7 heteroatoms. The van der Waals surface area contributed by atoms with Crippen LogP contribution in [0.1, 0.15) is 18.3 Å². The first-order valence-electron chi connectivity index (χ1n) is 7.78. The van der Waals surface area contributed by atoms with E-state index in [1.165, 1.54) is 0 Å². The Morgan fingerprint density at radius 3 is 2.69 bits per heavy atom. The average Bonchev–Trinajstić information content (AvgIpc) is 3.06. The maximum Gasteiger partial charge on any atom is 0.175 e. The Balaban J connectivity index is 1.75. The molecule has 0 aliphatic heterocycles. The van der Waals surface area contributed by atoms with Crippen LogP contribution in [0.3, 0.4) is 0 Å². The van der Waals surface area contributed by atoms with E-state index in [1.807, 2.05) is 54.6 Å². The number of rotatable bonds is 5. The van der Waals surface area contributed by atoms with E-state index in [0.717, 1.165) is 15.6 Å². The second-order valence-electron chi connectivity index (χ2n) is 5.49. The van der Waals surface area contributed by atoms with E-state index in [-0.39, 0.29) is 17.9 Å². The van der Waals surface area contributed by atoms with Crippen LogP contribution in [-0.2, 0) is 4.84 Å². The van der Waals surface area contributed by atoms with Crippen molar-refractivity contribution in [2.75, 3.05) is 6.61 Å². The first-order valence-corrected chi connectivity index (χ1v) is 8.57. The number of oxime groups is 1. The normalized spacial score (nSPS) is 12.6. The maximum absolute atomic E-state index is 10.2. The topological polar surface area (TPSA) is 94.3 Å². The Bertz CT molecular complexity index is 997. The van der Waals surface area contributed by atoms with Crippen molar-refractivity contribution in [1.82, 2.24) is 9.97 Å². The molecule has 1 aromatic heterocycles. The first kappa shape index (κ1) is 17.7. The van der Waals surface area contributed by atoms with Gasteiger partial charge < -0.3 is 14.9 Å². The highest BCUT2D eigenvalue weighted by atomic mass is 79.9. The number of allylic oxidation sites excluding steroid dienone is 1. The van der Waals surface area contributed by atoms with Gasteiger partial charge in [0.2, 0.25) is 0 Å². The fourth-order valence-corrected chi connectivity index (χ4v) is 2.60. The van der Waals surface area contributed by atoms with Crippen molar-refractivity contribution in [1.29, 1.82) is 5.26 Å². The van der Waals surface area contributed by atoms with Crippen LogP contribution in [0.25, 0.3) is 16.6 Å². The van der Waals surface area contributed by atoms with Crippen molar-refractivity contribution in [3.63, 3.8) is 0 Å². The van der Waals surface area contributed by atoms with Crippen LogP contribution in [-0.4, -0.2) is 27.4 Å². The van der Waals surface area contributed by atoms with Gasteiger partial charge in [0.05, 0.1) is 16.7 Å². The third-order valence-electron chi connectivity index (χ3n) is 3.69. The third kappa shape index (κ3) is 3.92. The Labute approximate surface area is 158 Å². The molecule has 130 valence electrons. The molecule has 3 rings (SSSR count). The summed E-state index contributed by atoms with van der Waals surface area (Å²) in [6, 6.07) is 17.0. The number of benzene rings is 2. The van der Waals surface area contributed by atoms with Crippen LogP contribution in [0.2, 0.25) is 0 Å². The molecule has 26 heavy (non-hydrogen) atoms. The van der Waals surface area contributed by atoms with Gasteiger partial charge in [0.15, 0.2) is 18.2 Å². The van der Waals surface area contributed by atoms with Crippen molar-refractivity contribution in [2.24, 2.45) is 5.16 Å². The molecule has 0 atom stereocenters. The second-order valence-corrected chi connectivity index (χ2v) is 6.41. The van der Waals surface area contributed by atoms with Crippen molar-refractivity contribution in [3.05, 3.63) is 70.2 Å². The van der Waals surface area contributed by atoms with Gasteiger partial charge in [0, 0.05) is 4.47 Å². The fourth-order valence-electron chi connectivity index (χ4n) is 2.33. The standard InChI is InChI=1S/C19H15BrN4O2/c1-12(13-6-8-14(20)9-7-13)24-26-11-18(25)15(10-21)19-22-16-4-2-3-5-17(16)23-19/h2-9,25H,11H2,1H3,(H,22,23)/b18-15?,24-12-. The second kappa shape index (κ2) is 7.85. The van der Waals surface area contributed by atoms with Crippen LogP contribution in [0, 0.1) is 11.3 Å². The predicted octanol–water partition coefficient (Wildman–Crippen LogP) is 4.56. The summed E-state index contributed by atoms with van der Waals surface area (Å²) in [5.41, 5.74) is 3.08. The van der Waals surface area contributed by atoms with E-state index in [4.69, 9.17) is 4.84 Å². The maximum atomic E-state index is 10.2. The highest BCUT2D eigenvalue weighted by Crippen LogP contribution is 2.19. The molecule has 0 amide bonds. The number of aliphatic hydroxyl groups is 1. The third-order valence-corrected chi connectivity index (χ3v) is 4.22. The number of para-hydroxylation sites is 2. The van der Waals surface area contributed by atoms with Crippen molar-refractivity contribution < 1.29 is 9.94 Å². The molecule has 0 bridgehead atoms. The highest BCUT2D eigenvalue weighted by Gasteiger charge is 2.13. The summed E-state index contributed by atoms with van der Waals surface area (Å²) in [6.07, 6.45) is 0. The number of imidazole rings is 1. The molecule has 3 aromatic rings. The van der Waals surface area contributed by atoms with Gasteiger partial charge >= 0.3 is 0 Å². The summed E-state index contributed by atoms with van der Waals surface area (Å²) in [7, 11) is 0. The van der Waals surface area contributed by atoms with Gasteiger partial charge in [-0.1, -0.05) is 45.4 Å². The molecular formula is C19H15BrN4O2. The summed E-state index contributed by atoms with van der Waals surface area (Å²) in [4.78, 5) is 12.5. The van der Waals surface area contributed by atoms with Gasteiger partial charge in [-0.25, -0.2) is 4.98 Å². The molecule has 0 radical (unpaired) electrons. The van der Waals surface area contributed by atoms with Crippen LogP contribution < -0.4 is 0 Å². The molecule has 0 aliphatic carbocycles. The highest BCUT2D eigenvalue weighted by molar-refractivity contribution is 9.10. The van der Waals surface area contributed by atoms with E-state index >= 15 is 0 Å². The van der Waals surface area contributed by atoms with Crippen LogP contribution in [0.4, 0.5) is 0 Å². The van der Waals surface area contributed by atoms with E-state index in [9.17, 15) is 10.4 Å². The summed E-state index contributed by atoms with van der Waals surface area (Å²) < 4.78 is 0.972. The minimum Gasteiger partial charge on any atom is -0.507 e. The predicted molar refractivity (Wildman–Crippen MR) is 104 cm³/mol. The Hall–Kier alpha value is -3.11. The molecule has 2 N–H and O–H groups in total. The zero-order valence-corrected chi connectivity index (χ0v) is 15.5. The Morgan fingerprint density at radius 1 is 1.27 bits per heavy atom. The molecule has 2 aromatic carbocycles. The number of nitrogens with zero attached hydrogens (tertiary/aromatic N) is 3. The summed E-state index contributed by atoms with van der Waals surface area (Å²) >= 11 is 3.38. The zero-order chi connectivity index (χ0) is 18.5. The first-order chi connectivity index (χ1) is 12.6. The SMILES string of the molecule is C/C(=N/OCC(O)=C(C#N)c1nc2ccccc2[nH]1)c1ccc(Br)cc1. The lowest BCUT2D eigenvalue weighted by molar-refractivity contribution is 0.137. The van der Waals surface area contributed by atoms with E-state index < -0.39 is 0 Å². The lowest BCUT2D eigenvalue weighted by Crippen LogP contribution is -2.01. The molecule has 0 saturated carbocycles. The lowest BCUT2D eigenvalue weighted by atomic mass is 10.1. The van der Waals surface area contributed by atoms with Crippen LogP contribution in [0.15, 0.2) is 63.9 Å². The van der Waals surface area contributed by atoms with Crippen LogP contribution >= 0.6 is 15.9 Å². The van der Waals surface area contributed by atoms with Gasteiger partial charge in [0.1, 0.15) is 11.6 Å². The number of hydrogen-bond donors (Lipinski definition) is 2. The zero-order valence-electron chi connectivity index (χ0n) is 13.9. The smallest absolute Gasteiger partial charge is 0.175 e. The number of H-pyrrole nitrogens is 1. The van der Waals surface area contributed by atoms with E-state index in [2.05, 4.69) is 31.1 Å². The number of nitrogens with one attached hydrogen (secondary N) is 1. The van der Waals surface area contributed by atoms with Crippen molar-refractivity contribution in [3.8, 4) is 6.07 Å². The molecule has 6 nitrogen and oxygen atoms in total. The largest absolute Gasteiger partial charge is 0.507 e. The molecule has 0 spiro atoms. The summed E-state index contributed by atoms with van der Waals surface area (Å²) in [5.74, 6) is 0.0577. The van der Waals surface area contributed by atoms with Gasteiger partial charge in [-0.3, -0.25) is 0 Å². The number of aromatic amines is 1. The number of nitriles is 1. The Morgan fingerprint density at radius 2 is 2.00 bits per heavy atom. The summed E-state index contributed by atoms with van der Waals surface area (Å²) in [5, 5.41) is 23.6. The van der Waals surface area contributed by atoms with Crippen LogP contribution in [0.5, 0.6) is 0 Å². The van der Waals surface area contributed by atoms with E-state index in [0.29, 0.717) is 17.1 Å². The molecule has 0 fully saturated rings. The number of aromatic nitrogens is 2. The summed E-state index contributed by atoms with van der Waals surface area (Å²) in [6.45, 7) is 1.57. The lowest BCUT2D eigenvalue weighted by Gasteiger charge is -2.04. The quantitative estimate of drug-likeness (QED) is 0.279. The fraction of sp³-hybridized carbons (Fsp3) is 0.105. The molecule has 0 unspecified atom stereocenters. The number of fused-ring (bicyclic) bond motifs is 1. The number of hydrogen-bond acceptors (Lipinski definition) is 5. The molecule has 0 aliphatic rings. The van der Waals surface area contributed by atoms with E-state index in [1.54, 1.807) is 6.92 Å².